The lowest BCUT2D eigenvalue weighted by atomic mass is 10.1. The molecule has 0 radical (unpaired) electrons. The summed E-state index contributed by atoms with van der Waals surface area (Å²) >= 11 is 0. The number of furan rings is 1. The largest absolute Gasteiger partial charge is 0.469 e. The minimum Gasteiger partial charge on any atom is -0.469 e. The van der Waals surface area contributed by atoms with Gasteiger partial charge in [-0.25, -0.2) is 13.1 Å². The lowest BCUT2D eigenvalue weighted by molar-refractivity contribution is 0.479. The van der Waals surface area contributed by atoms with Gasteiger partial charge in [0.15, 0.2) is 0 Å². The van der Waals surface area contributed by atoms with E-state index in [2.05, 4.69) is 4.72 Å². The second-order valence-corrected chi connectivity index (χ2v) is 6.90. The first-order valence-corrected chi connectivity index (χ1v) is 8.20. The van der Waals surface area contributed by atoms with Crippen molar-refractivity contribution >= 4 is 15.7 Å². The van der Waals surface area contributed by atoms with Gasteiger partial charge in [0.2, 0.25) is 10.0 Å². The van der Waals surface area contributed by atoms with Crippen LogP contribution < -0.4 is 10.5 Å². The van der Waals surface area contributed by atoms with Gasteiger partial charge in [0.1, 0.15) is 10.7 Å². The Labute approximate surface area is 125 Å². The molecule has 0 spiro atoms. The fourth-order valence-corrected chi connectivity index (χ4v) is 3.93. The van der Waals surface area contributed by atoms with Crippen molar-refractivity contribution in [1.82, 2.24) is 4.72 Å². The molecule has 0 saturated carbocycles. The van der Waals surface area contributed by atoms with E-state index in [1.165, 1.54) is 0 Å². The van der Waals surface area contributed by atoms with Crippen molar-refractivity contribution in [1.29, 1.82) is 0 Å². The molecule has 0 amide bonds. The Kier molecular flexibility index (Phi) is 4.39. The molecular weight excluding hydrogens is 288 g/mol. The Morgan fingerprint density at radius 1 is 1.24 bits per heavy atom. The highest BCUT2D eigenvalue weighted by Gasteiger charge is 2.23. The number of hydrogen-bond acceptors (Lipinski definition) is 4. The quantitative estimate of drug-likeness (QED) is 0.831. The molecule has 0 bridgehead atoms. The van der Waals surface area contributed by atoms with Crippen molar-refractivity contribution in [3.05, 3.63) is 47.4 Å². The van der Waals surface area contributed by atoms with Crippen LogP contribution in [0.25, 0.3) is 0 Å². The maximum Gasteiger partial charge on any atom is 0.243 e. The predicted octanol–water partition coefficient (Wildman–Crippen LogP) is 2.39. The van der Waals surface area contributed by atoms with Crippen molar-refractivity contribution in [2.45, 2.75) is 38.1 Å². The molecule has 2 aromatic rings. The second kappa shape index (κ2) is 5.91. The van der Waals surface area contributed by atoms with Crippen LogP contribution in [0.3, 0.4) is 0 Å². The van der Waals surface area contributed by atoms with Crippen LogP contribution in [0.2, 0.25) is 0 Å². The van der Waals surface area contributed by atoms with Crippen molar-refractivity contribution in [2.24, 2.45) is 0 Å². The van der Waals surface area contributed by atoms with Crippen LogP contribution in [0.4, 0.5) is 5.69 Å². The molecule has 0 aliphatic carbocycles. The van der Waals surface area contributed by atoms with E-state index in [9.17, 15) is 8.42 Å². The van der Waals surface area contributed by atoms with Gasteiger partial charge in [-0.2, -0.15) is 0 Å². The predicted molar refractivity (Wildman–Crippen MR) is 82.5 cm³/mol. The zero-order valence-corrected chi connectivity index (χ0v) is 13.2. The molecule has 5 nitrogen and oxygen atoms in total. The number of rotatable bonds is 5. The SMILES string of the molecule is Cc1ccc(C)c(S(=O)(=O)NC(C)Cc2ccco2)c1N. The molecular formula is C15H20N2O3S. The highest BCUT2D eigenvalue weighted by molar-refractivity contribution is 7.89. The lowest BCUT2D eigenvalue weighted by Gasteiger charge is -2.17. The number of nitrogens with two attached hydrogens (primary N) is 1. The van der Waals surface area contributed by atoms with Gasteiger partial charge >= 0.3 is 0 Å². The summed E-state index contributed by atoms with van der Waals surface area (Å²) in [6.07, 6.45) is 2.05. The van der Waals surface area contributed by atoms with E-state index in [-0.39, 0.29) is 10.9 Å². The molecule has 0 aliphatic heterocycles. The number of nitrogens with one attached hydrogen (secondary N) is 1. The number of benzene rings is 1. The van der Waals surface area contributed by atoms with Gasteiger partial charge in [-0.15, -0.1) is 0 Å². The molecule has 1 unspecified atom stereocenters. The Bertz CT molecular complexity index is 722. The van der Waals surface area contributed by atoms with Crippen LogP contribution in [-0.4, -0.2) is 14.5 Å². The zero-order chi connectivity index (χ0) is 15.6. The van der Waals surface area contributed by atoms with Crippen LogP contribution in [0.1, 0.15) is 23.8 Å². The normalized spacial score (nSPS) is 13.3. The molecule has 6 heteroatoms. The Morgan fingerprint density at radius 2 is 1.90 bits per heavy atom. The number of nitrogen functional groups attached to an aromatic ring is 1. The summed E-state index contributed by atoms with van der Waals surface area (Å²) in [5.74, 6) is 0.735. The minimum atomic E-state index is -3.66. The van der Waals surface area contributed by atoms with Gasteiger partial charge in [-0.05, 0) is 44.0 Å². The van der Waals surface area contributed by atoms with Crippen LogP contribution in [-0.2, 0) is 16.4 Å². The summed E-state index contributed by atoms with van der Waals surface area (Å²) in [4.78, 5) is 0.161. The van der Waals surface area contributed by atoms with Crippen molar-refractivity contribution in [3.8, 4) is 0 Å². The maximum atomic E-state index is 12.5. The molecule has 0 fully saturated rings. The molecule has 2 rings (SSSR count). The highest BCUT2D eigenvalue weighted by Crippen LogP contribution is 2.26. The fraction of sp³-hybridized carbons (Fsp3) is 0.333. The molecule has 1 atom stereocenters. The number of anilines is 1. The van der Waals surface area contributed by atoms with Crippen LogP contribution in [0.5, 0.6) is 0 Å². The van der Waals surface area contributed by atoms with Gasteiger partial charge in [-0.1, -0.05) is 12.1 Å². The van der Waals surface area contributed by atoms with Gasteiger partial charge in [0.25, 0.3) is 0 Å². The summed E-state index contributed by atoms with van der Waals surface area (Å²) in [5.41, 5.74) is 7.63. The van der Waals surface area contributed by atoms with E-state index in [1.54, 1.807) is 39.2 Å². The molecule has 3 N–H and O–H groups in total. The number of sulfonamides is 1. The van der Waals surface area contributed by atoms with Gasteiger partial charge < -0.3 is 10.2 Å². The van der Waals surface area contributed by atoms with Crippen molar-refractivity contribution < 1.29 is 12.8 Å². The van der Waals surface area contributed by atoms with E-state index in [4.69, 9.17) is 10.2 Å². The van der Waals surface area contributed by atoms with Crippen LogP contribution in [0, 0.1) is 13.8 Å². The fourth-order valence-electron chi connectivity index (χ4n) is 2.26. The summed E-state index contributed by atoms with van der Waals surface area (Å²) in [5, 5.41) is 0. The van der Waals surface area contributed by atoms with E-state index >= 15 is 0 Å². The van der Waals surface area contributed by atoms with Gasteiger partial charge in [0.05, 0.1) is 12.0 Å². The summed E-state index contributed by atoms with van der Waals surface area (Å²) in [6.45, 7) is 5.32. The van der Waals surface area contributed by atoms with E-state index in [0.717, 1.165) is 11.3 Å². The van der Waals surface area contributed by atoms with E-state index < -0.39 is 10.0 Å². The van der Waals surface area contributed by atoms with E-state index in [0.29, 0.717) is 17.7 Å². The zero-order valence-electron chi connectivity index (χ0n) is 12.4. The topological polar surface area (TPSA) is 85.3 Å². The highest BCUT2D eigenvalue weighted by atomic mass is 32.2. The summed E-state index contributed by atoms with van der Waals surface area (Å²) in [6, 6.07) is 6.88. The average Bonchev–Trinajstić information content (AvgIpc) is 2.85. The summed E-state index contributed by atoms with van der Waals surface area (Å²) < 4.78 is 33.0. The smallest absolute Gasteiger partial charge is 0.243 e. The third kappa shape index (κ3) is 3.46. The molecule has 1 aromatic heterocycles. The Morgan fingerprint density at radius 3 is 2.52 bits per heavy atom. The van der Waals surface area contributed by atoms with Crippen molar-refractivity contribution in [2.75, 3.05) is 5.73 Å². The first kappa shape index (κ1) is 15.6. The molecule has 0 saturated heterocycles. The number of hydrogen-bond donors (Lipinski definition) is 2. The third-order valence-electron chi connectivity index (χ3n) is 3.32. The first-order valence-electron chi connectivity index (χ1n) is 6.71. The molecule has 0 aliphatic rings. The Hall–Kier alpha value is -1.79. The lowest BCUT2D eigenvalue weighted by Crippen LogP contribution is -2.35. The van der Waals surface area contributed by atoms with Gasteiger partial charge in [-0.3, -0.25) is 0 Å². The average molecular weight is 308 g/mol. The maximum absolute atomic E-state index is 12.5. The molecule has 1 aromatic carbocycles. The molecule has 21 heavy (non-hydrogen) atoms. The number of aryl methyl sites for hydroxylation is 2. The van der Waals surface area contributed by atoms with Gasteiger partial charge in [0, 0.05) is 12.5 Å². The molecule has 114 valence electrons. The second-order valence-electron chi connectivity index (χ2n) is 5.25. The van der Waals surface area contributed by atoms with Crippen LogP contribution >= 0.6 is 0 Å². The van der Waals surface area contributed by atoms with Crippen LogP contribution in [0.15, 0.2) is 39.8 Å². The van der Waals surface area contributed by atoms with Crippen molar-refractivity contribution in [3.63, 3.8) is 0 Å². The monoisotopic (exact) mass is 308 g/mol. The Balaban J connectivity index is 2.25. The van der Waals surface area contributed by atoms with E-state index in [1.807, 2.05) is 12.1 Å². The first-order chi connectivity index (χ1) is 9.81. The standard InChI is InChI=1S/C15H20N2O3S/c1-10-6-7-11(2)15(14(10)16)21(18,19)17-12(3)9-13-5-4-8-20-13/h4-8,12,17H,9,16H2,1-3H3. The minimum absolute atomic E-state index is 0.161. The third-order valence-corrected chi connectivity index (χ3v) is 5.12. The molecule has 1 heterocycles. The summed E-state index contributed by atoms with van der Waals surface area (Å²) in [7, 11) is -3.66.